The number of rotatable bonds is 0. The van der Waals surface area contributed by atoms with E-state index in [2.05, 4.69) is 0 Å². The molecule has 5 heteroatoms. The lowest BCUT2D eigenvalue weighted by Gasteiger charge is -1.90. The first-order valence-corrected chi connectivity index (χ1v) is 3.01. The van der Waals surface area contributed by atoms with E-state index in [1.54, 1.807) is 17.8 Å². The van der Waals surface area contributed by atoms with E-state index in [4.69, 9.17) is 17.3 Å². The van der Waals surface area contributed by atoms with E-state index >= 15 is 0 Å². The van der Waals surface area contributed by atoms with Crippen LogP contribution >= 0.6 is 12.2 Å². The molecule has 4 nitrogen and oxygen atoms in total. The topological polar surface area (TPSA) is 47.2 Å². The van der Waals surface area contributed by atoms with Crippen LogP contribution in [0.5, 0.6) is 0 Å². The Labute approximate surface area is 62.3 Å². The number of carbonyl (C=O) groups is 1. The third kappa shape index (κ3) is 0.950. The summed E-state index contributed by atoms with van der Waals surface area (Å²) in [6.45, 7) is 0. The van der Waals surface area contributed by atoms with Crippen LogP contribution in [-0.4, -0.2) is 20.3 Å². The summed E-state index contributed by atoms with van der Waals surface area (Å²) >= 11 is 4.75. The van der Waals surface area contributed by atoms with Crippen LogP contribution in [0.2, 0.25) is 0 Å². The third-order valence-electron chi connectivity index (χ3n) is 1.15. The lowest BCUT2D eigenvalue weighted by molar-refractivity contribution is 0.195. The molecular formula is C5H6N2O2S. The summed E-state index contributed by atoms with van der Waals surface area (Å²) in [6.07, 6.45) is 1.95. The number of aromatic nitrogens is 2. The monoisotopic (exact) mass is 158 g/mol. The second-order valence-corrected chi connectivity index (χ2v) is 2.21. The summed E-state index contributed by atoms with van der Waals surface area (Å²) < 4.78 is 2.83. The van der Waals surface area contributed by atoms with Crippen LogP contribution in [0.3, 0.4) is 0 Å². The van der Waals surface area contributed by atoms with Gasteiger partial charge in [0.2, 0.25) is 0 Å². The Morgan fingerprint density at radius 2 is 2.30 bits per heavy atom. The average molecular weight is 158 g/mol. The van der Waals surface area contributed by atoms with Gasteiger partial charge in [-0.3, -0.25) is 0 Å². The number of aryl methyl sites for hydroxylation is 1. The van der Waals surface area contributed by atoms with Crippen LogP contribution in [0.15, 0.2) is 12.4 Å². The number of hydrogen-bond acceptors (Lipinski definition) is 2. The molecule has 0 bridgehead atoms. The van der Waals surface area contributed by atoms with E-state index in [1.165, 1.54) is 6.20 Å². The predicted molar refractivity (Wildman–Crippen MR) is 37.7 cm³/mol. The molecule has 0 aliphatic carbocycles. The molecule has 0 saturated heterocycles. The summed E-state index contributed by atoms with van der Waals surface area (Å²) in [4.78, 5) is 10.3. The molecule has 0 unspecified atom stereocenters. The van der Waals surface area contributed by atoms with Gasteiger partial charge in [0.1, 0.15) is 0 Å². The summed E-state index contributed by atoms with van der Waals surface area (Å²) in [7, 11) is 1.70. The van der Waals surface area contributed by atoms with Crippen LogP contribution in [0.4, 0.5) is 4.79 Å². The predicted octanol–water partition coefficient (Wildman–Crippen LogP) is 1.08. The number of hydrogen-bond donors (Lipinski definition) is 1. The van der Waals surface area contributed by atoms with Crippen molar-refractivity contribution in [2.45, 2.75) is 0 Å². The van der Waals surface area contributed by atoms with Gasteiger partial charge in [-0.15, -0.1) is 0 Å². The Morgan fingerprint density at radius 1 is 1.70 bits per heavy atom. The van der Waals surface area contributed by atoms with E-state index in [9.17, 15) is 4.79 Å². The minimum Gasteiger partial charge on any atom is -0.464 e. The molecule has 10 heavy (non-hydrogen) atoms. The Kier molecular flexibility index (Phi) is 1.58. The maximum absolute atomic E-state index is 10.3. The smallest absolute Gasteiger partial charge is 0.417 e. The molecule has 0 amide bonds. The Bertz CT molecular complexity index is 312. The fraction of sp³-hybridized carbons (Fsp3) is 0.200. The number of nitrogens with zero attached hydrogens (tertiary/aromatic N) is 2. The minimum absolute atomic E-state index is 0.285. The van der Waals surface area contributed by atoms with Crippen molar-refractivity contribution < 1.29 is 9.90 Å². The largest absolute Gasteiger partial charge is 0.464 e. The molecular weight excluding hydrogens is 152 g/mol. The van der Waals surface area contributed by atoms with Crippen LogP contribution in [0.25, 0.3) is 0 Å². The van der Waals surface area contributed by atoms with Crippen molar-refractivity contribution in [2.75, 3.05) is 0 Å². The molecule has 1 rings (SSSR count). The van der Waals surface area contributed by atoms with Gasteiger partial charge in [-0.05, 0) is 12.2 Å². The van der Waals surface area contributed by atoms with Crippen LogP contribution in [-0.2, 0) is 7.05 Å². The molecule has 0 radical (unpaired) electrons. The standard InChI is InChI=1S/C5H6N2O2S/c1-6-2-3-7(4(6)10)5(8)9/h2-3H,1H3,(H,8,9). The highest BCUT2D eigenvalue weighted by atomic mass is 32.1. The second-order valence-electron chi connectivity index (χ2n) is 1.84. The van der Waals surface area contributed by atoms with Crippen LogP contribution in [0, 0.1) is 4.77 Å². The molecule has 0 aliphatic rings. The van der Waals surface area contributed by atoms with Gasteiger partial charge < -0.3 is 9.67 Å². The third-order valence-corrected chi connectivity index (χ3v) is 1.64. The van der Waals surface area contributed by atoms with E-state index in [-0.39, 0.29) is 4.77 Å². The van der Waals surface area contributed by atoms with Crippen molar-refractivity contribution in [1.29, 1.82) is 0 Å². The molecule has 0 atom stereocenters. The van der Waals surface area contributed by atoms with E-state index < -0.39 is 6.09 Å². The van der Waals surface area contributed by atoms with E-state index in [0.717, 1.165) is 4.57 Å². The van der Waals surface area contributed by atoms with Gasteiger partial charge in [0.05, 0.1) is 0 Å². The van der Waals surface area contributed by atoms with Crippen molar-refractivity contribution in [2.24, 2.45) is 7.05 Å². The molecule has 0 fully saturated rings. The summed E-state index contributed by atoms with van der Waals surface area (Å²) in [5.41, 5.74) is 0. The Morgan fingerprint density at radius 3 is 2.50 bits per heavy atom. The molecule has 1 N–H and O–H groups in total. The fourth-order valence-corrected chi connectivity index (χ4v) is 0.810. The van der Waals surface area contributed by atoms with Gasteiger partial charge in [0.15, 0.2) is 4.77 Å². The first-order valence-electron chi connectivity index (χ1n) is 2.60. The van der Waals surface area contributed by atoms with Gasteiger partial charge in [0.25, 0.3) is 0 Å². The first-order chi connectivity index (χ1) is 4.63. The molecule has 1 aromatic heterocycles. The van der Waals surface area contributed by atoms with Crippen molar-refractivity contribution in [1.82, 2.24) is 9.13 Å². The average Bonchev–Trinajstić information content (AvgIpc) is 2.14. The molecule has 1 aromatic rings. The highest BCUT2D eigenvalue weighted by molar-refractivity contribution is 7.71. The molecule has 54 valence electrons. The normalized spacial score (nSPS) is 9.70. The molecule has 0 spiro atoms. The van der Waals surface area contributed by atoms with Gasteiger partial charge in [0, 0.05) is 19.4 Å². The van der Waals surface area contributed by atoms with Crippen LogP contribution in [0.1, 0.15) is 0 Å². The number of imidazole rings is 1. The molecule has 0 aliphatic heterocycles. The lowest BCUT2D eigenvalue weighted by atomic mass is 10.9. The highest BCUT2D eigenvalue weighted by Gasteiger charge is 2.01. The van der Waals surface area contributed by atoms with Crippen molar-refractivity contribution >= 4 is 18.3 Å². The van der Waals surface area contributed by atoms with Gasteiger partial charge in [-0.25, -0.2) is 9.36 Å². The second kappa shape index (κ2) is 2.26. The quantitative estimate of drug-likeness (QED) is 0.575. The van der Waals surface area contributed by atoms with Crippen molar-refractivity contribution in [3.63, 3.8) is 0 Å². The fourth-order valence-electron chi connectivity index (χ4n) is 0.610. The van der Waals surface area contributed by atoms with Gasteiger partial charge in [-0.1, -0.05) is 0 Å². The SMILES string of the molecule is Cn1ccn(C(=O)O)c1=S. The maximum Gasteiger partial charge on any atom is 0.417 e. The van der Waals surface area contributed by atoms with Crippen LogP contribution < -0.4 is 0 Å². The number of carboxylic acid groups (broad SMARTS) is 1. The molecule has 0 saturated carbocycles. The molecule has 1 heterocycles. The summed E-state index contributed by atoms with van der Waals surface area (Å²) in [5, 5.41) is 8.46. The van der Waals surface area contributed by atoms with Gasteiger partial charge in [-0.2, -0.15) is 0 Å². The van der Waals surface area contributed by atoms with Crippen molar-refractivity contribution in [3.05, 3.63) is 17.2 Å². The van der Waals surface area contributed by atoms with E-state index in [0.29, 0.717) is 0 Å². The Balaban J connectivity index is 3.32. The summed E-state index contributed by atoms with van der Waals surface area (Å²) in [6, 6.07) is 0. The van der Waals surface area contributed by atoms with Gasteiger partial charge >= 0.3 is 6.09 Å². The minimum atomic E-state index is -1.05. The maximum atomic E-state index is 10.3. The lowest BCUT2D eigenvalue weighted by Crippen LogP contribution is -2.06. The molecule has 0 aromatic carbocycles. The zero-order chi connectivity index (χ0) is 7.72. The first kappa shape index (κ1) is 7.01. The zero-order valence-electron chi connectivity index (χ0n) is 5.31. The zero-order valence-corrected chi connectivity index (χ0v) is 6.13. The highest BCUT2D eigenvalue weighted by Crippen LogP contribution is 1.92. The van der Waals surface area contributed by atoms with Crippen molar-refractivity contribution in [3.8, 4) is 0 Å². The summed E-state index contributed by atoms with van der Waals surface area (Å²) in [5.74, 6) is 0. The Hall–Kier alpha value is -1.10. The van der Waals surface area contributed by atoms with E-state index in [1.807, 2.05) is 0 Å².